The summed E-state index contributed by atoms with van der Waals surface area (Å²) in [6.07, 6.45) is 3.19. The Morgan fingerprint density at radius 1 is 1.33 bits per heavy atom. The molecule has 21 heavy (non-hydrogen) atoms. The Hall–Kier alpha value is -2.61. The van der Waals surface area contributed by atoms with E-state index in [0.29, 0.717) is 17.1 Å². The van der Waals surface area contributed by atoms with Gasteiger partial charge in [0.15, 0.2) is 0 Å². The first kappa shape index (κ1) is 13.4. The molecule has 0 atom stereocenters. The van der Waals surface area contributed by atoms with Crippen LogP contribution in [0.2, 0.25) is 0 Å². The molecule has 0 saturated carbocycles. The Morgan fingerprint density at radius 3 is 2.95 bits per heavy atom. The zero-order valence-corrected chi connectivity index (χ0v) is 11.9. The SMILES string of the molecule is Cc1cnc(-c2nnc(CNC(=O)c3ccsc3)o2)cn1. The van der Waals surface area contributed by atoms with E-state index in [2.05, 4.69) is 25.5 Å². The van der Waals surface area contributed by atoms with Gasteiger partial charge < -0.3 is 9.73 Å². The minimum atomic E-state index is -0.175. The van der Waals surface area contributed by atoms with E-state index in [1.54, 1.807) is 23.8 Å². The number of thiophene rings is 1. The van der Waals surface area contributed by atoms with Crippen LogP contribution in [0, 0.1) is 6.92 Å². The normalized spacial score (nSPS) is 10.5. The summed E-state index contributed by atoms with van der Waals surface area (Å²) < 4.78 is 5.44. The van der Waals surface area contributed by atoms with Crippen LogP contribution in [0.15, 0.2) is 33.6 Å². The quantitative estimate of drug-likeness (QED) is 0.790. The molecule has 3 aromatic rings. The Morgan fingerprint density at radius 2 is 2.24 bits per heavy atom. The van der Waals surface area contributed by atoms with E-state index in [-0.39, 0.29) is 18.3 Å². The van der Waals surface area contributed by atoms with Crippen LogP contribution in [-0.2, 0) is 6.54 Å². The van der Waals surface area contributed by atoms with E-state index in [1.807, 2.05) is 12.3 Å². The van der Waals surface area contributed by atoms with Gasteiger partial charge in [-0.1, -0.05) is 0 Å². The fraction of sp³-hybridized carbons (Fsp3) is 0.154. The number of aryl methyl sites for hydroxylation is 1. The predicted octanol–water partition coefficient (Wildman–Crippen LogP) is 1.83. The lowest BCUT2D eigenvalue weighted by Gasteiger charge is -1.99. The second-order valence-electron chi connectivity index (χ2n) is 4.24. The molecule has 7 nitrogen and oxygen atoms in total. The number of amides is 1. The van der Waals surface area contributed by atoms with E-state index in [1.165, 1.54) is 11.3 Å². The largest absolute Gasteiger partial charge is 0.417 e. The monoisotopic (exact) mass is 301 g/mol. The van der Waals surface area contributed by atoms with E-state index in [9.17, 15) is 4.79 Å². The molecular weight excluding hydrogens is 290 g/mol. The van der Waals surface area contributed by atoms with Gasteiger partial charge in [-0.3, -0.25) is 9.78 Å². The lowest BCUT2D eigenvalue weighted by molar-refractivity contribution is 0.0948. The first-order chi connectivity index (χ1) is 10.2. The molecule has 3 rings (SSSR count). The molecule has 0 saturated heterocycles. The average Bonchev–Trinajstić information content (AvgIpc) is 3.17. The van der Waals surface area contributed by atoms with Gasteiger partial charge in [0.25, 0.3) is 11.8 Å². The van der Waals surface area contributed by atoms with Gasteiger partial charge >= 0.3 is 0 Å². The van der Waals surface area contributed by atoms with Crippen LogP contribution in [0.25, 0.3) is 11.6 Å². The maximum Gasteiger partial charge on any atom is 0.267 e. The van der Waals surface area contributed by atoms with E-state index >= 15 is 0 Å². The van der Waals surface area contributed by atoms with Crippen molar-refractivity contribution < 1.29 is 9.21 Å². The summed E-state index contributed by atoms with van der Waals surface area (Å²) in [7, 11) is 0. The molecule has 0 aliphatic rings. The van der Waals surface area contributed by atoms with Crippen LogP contribution in [0.1, 0.15) is 21.9 Å². The summed E-state index contributed by atoms with van der Waals surface area (Å²) >= 11 is 1.46. The number of hydrogen-bond acceptors (Lipinski definition) is 7. The van der Waals surface area contributed by atoms with Crippen molar-refractivity contribution in [2.24, 2.45) is 0 Å². The van der Waals surface area contributed by atoms with Gasteiger partial charge in [-0.05, 0) is 18.4 Å². The summed E-state index contributed by atoms with van der Waals surface area (Å²) in [6.45, 7) is 2.01. The molecule has 0 bridgehead atoms. The lowest BCUT2D eigenvalue weighted by atomic mass is 10.3. The molecule has 8 heteroatoms. The van der Waals surface area contributed by atoms with Crippen molar-refractivity contribution in [2.45, 2.75) is 13.5 Å². The highest BCUT2D eigenvalue weighted by atomic mass is 32.1. The van der Waals surface area contributed by atoms with Crippen LogP contribution in [0.5, 0.6) is 0 Å². The van der Waals surface area contributed by atoms with Gasteiger partial charge in [-0.15, -0.1) is 10.2 Å². The predicted molar refractivity (Wildman–Crippen MR) is 75.6 cm³/mol. The summed E-state index contributed by atoms with van der Waals surface area (Å²) in [5, 5.41) is 14.1. The average molecular weight is 301 g/mol. The van der Waals surface area contributed by atoms with Gasteiger partial charge in [0.1, 0.15) is 5.69 Å². The maximum atomic E-state index is 11.8. The number of aromatic nitrogens is 4. The highest BCUT2D eigenvalue weighted by Crippen LogP contribution is 2.14. The van der Waals surface area contributed by atoms with Crippen molar-refractivity contribution in [3.05, 3.63) is 46.4 Å². The standard InChI is InChI=1S/C13H11N5O2S/c1-8-4-15-10(5-14-8)13-18-17-11(20-13)6-16-12(19)9-2-3-21-7-9/h2-5,7H,6H2,1H3,(H,16,19). The number of rotatable bonds is 4. The second kappa shape index (κ2) is 5.80. The Bertz CT molecular complexity index is 736. The van der Waals surface area contributed by atoms with E-state index in [4.69, 9.17) is 4.42 Å². The number of carbonyl (C=O) groups excluding carboxylic acids is 1. The molecule has 0 unspecified atom stereocenters. The highest BCUT2D eigenvalue weighted by Gasteiger charge is 2.12. The van der Waals surface area contributed by atoms with Crippen LogP contribution in [-0.4, -0.2) is 26.1 Å². The lowest BCUT2D eigenvalue weighted by Crippen LogP contribution is -2.22. The minimum absolute atomic E-state index is 0.168. The third-order valence-electron chi connectivity index (χ3n) is 2.65. The van der Waals surface area contributed by atoms with Crippen molar-refractivity contribution in [3.63, 3.8) is 0 Å². The number of hydrogen-bond donors (Lipinski definition) is 1. The van der Waals surface area contributed by atoms with Crippen LogP contribution in [0.4, 0.5) is 0 Å². The summed E-state index contributed by atoms with van der Waals surface area (Å²) in [4.78, 5) is 20.0. The minimum Gasteiger partial charge on any atom is -0.417 e. The fourth-order valence-electron chi connectivity index (χ4n) is 1.58. The topological polar surface area (TPSA) is 93.8 Å². The smallest absolute Gasteiger partial charge is 0.267 e. The van der Waals surface area contributed by atoms with Gasteiger partial charge in [-0.25, -0.2) is 4.98 Å². The molecule has 1 N–H and O–H groups in total. The number of carbonyl (C=O) groups is 1. The summed E-state index contributed by atoms with van der Waals surface area (Å²) in [5.41, 5.74) is 1.93. The second-order valence-corrected chi connectivity index (χ2v) is 5.02. The molecule has 0 fully saturated rings. The third-order valence-corrected chi connectivity index (χ3v) is 3.33. The van der Waals surface area contributed by atoms with Gasteiger partial charge in [0, 0.05) is 17.1 Å². The molecule has 106 valence electrons. The molecule has 3 aromatic heterocycles. The van der Waals surface area contributed by atoms with Crippen molar-refractivity contribution in [3.8, 4) is 11.6 Å². The first-order valence-corrected chi connectivity index (χ1v) is 7.08. The van der Waals surface area contributed by atoms with Crippen LogP contribution >= 0.6 is 11.3 Å². The van der Waals surface area contributed by atoms with Crippen molar-refractivity contribution in [1.29, 1.82) is 0 Å². The fourth-order valence-corrected chi connectivity index (χ4v) is 2.22. The zero-order valence-electron chi connectivity index (χ0n) is 11.1. The summed E-state index contributed by atoms with van der Waals surface area (Å²) in [5.74, 6) is 0.421. The molecule has 0 aliphatic carbocycles. The van der Waals surface area contributed by atoms with Crippen LogP contribution < -0.4 is 5.32 Å². The zero-order chi connectivity index (χ0) is 14.7. The van der Waals surface area contributed by atoms with Gasteiger partial charge in [0.05, 0.1) is 18.4 Å². The molecule has 0 spiro atoms. The maximum absolute atomic E-state index is 11.8. The number of nitrogens with zero attached hydrogens (tertiary/aromatic N) is 4. The molecule has 3 heterocycles. The van der Waals surface area contributed by atoms with E-state index in [0.717, 1.165) is 5.69 Å². The first-order valence-electron chi connectivity index (χ1n) is 6.14. The van der Waals surface area contributed by atoms with Gasteiger partial charge in [0.2, 0.25) is 5.89 Å². The van der Waals surface area contributed by atoms with Gasteiger partial charge in [-0.2, -0.15) is 11.3 Å². The molecular formula is C13H11N5O2S. The molecule has 0 aliphatic heterocycles. The highest BCUT2D eigenvalue weighted by molar-refractivity contribution is 7.08. The third kappa shape index (κ3) is 3.11. The van der Waals surface area contributed by atoms with Crippen molar-refractivity contribution >= 4 is 17.2 Å². The molecule has 0 aromatic carbocycles. The van der Waals surface area contributed by atoms with Crippen LogP contribution in [0.3, 0.4) is 0 Å². The van der Waals surface area contributed by atoms with E-state index < -0.39 is 0 Å². The summed E-state index contributed by atoms with van der Waals surface area (Å²) in [6, 6.07) is 1.75. The number of nitrogens with one attached hydrogen (secondary N) is 1. The molecule has 1 amide bonds. The molecule has 0 radical (unpaired) electrons. The van der Waals surface area contributed by atoms with Crippen molar-refractivity contribution in [2.75, 3.05) is 0 Å². The Kier molecular flexibility index (Phi) is 3.69. The Balaban J connectivity index is 1.65. The van der Waals surface area contributed by atoms with Crippen molar-refractivity contribution in [1.82, 2.24) is 25.5 Å². The Labute approximate surface area is 124 Å².